The molecule has 2 unspecified atom stereocenters. The van der Waals surface area contributed by atoms with Crippen LogP contribution in [0.15, 0.2) is 30.3 Å². The van der Waals surface area contributed by atoms with E-state index in [-0.39, 0.29) is 18.8 Å². The number of hydrogen-bond acceptors (Lipinski definition) is 8. The molecule has 0 aromatic heterocycles. The van der Waals surface area contributed by atoms with Gasteiger partial charge in [0.1, 0.15) is 36.6 Å². The monoisotopic (exact) mass is 356 g/mol. The van der Waals surface area contributed by atoms with Crippen molar-refractivity contribution in [3.8, 4) is 0 Å². The summed E-state index contributed by atoms with van der Waals surface area (Å²) in [5, 5.41) is 38.4. The molecule has 0 radical (unpaired) electrons. The van der Waals surface area contributed by atoms with Crippen molar-refractivity contribution >= 4 is 0 Å². The molecule has 2 heterocycles. The first-order chi connectivity index (χ1) is 12.1. The van der Waals surface area contributed by atoms with Crippen molar-refractivity contribution < 1.29 is 39.4 Å². The Morgan fingerprint density at radius 3 is 2.28 bits per heavy atom. The zero-order chi connectivity index (χ0) is 17.8. The van der Waals surface area contributed by atoms with E-state index in [2.05, 4.69) is 0 Å². The topological polar surface area (TPSA) is 121 Å². The van der Waals surface area contributed by atoms with E-state index in [0.29, 0.717) is 13.2 Å². The van der Waals surface area contributed by atoms with E-state index < -0.39 is 37.3 Å². The summed E-state index contributed by atoms with van der Waals surface area (Å²) in [4.78, 5) is 0. The number of benzene rings is 1. The van der Waals surface area contributed by atoms with Crippen LogP contribution >= 0.6 is 0 Å². The molecule has 2 aliphatic heterocycles. The van der Waals surface area contributed by atoms with Gasteiger partial charge in [-0.15, -0.1) is 0 Å². The fraction of sp³-hybridized carbons (Fsp3) is 0.647. The molecule has 0 bridgehead atoms. The summed E-state index contributed by atoms with van der Waals surface area (Å²) in [6.07, 6.45) is -6.61. The van der Waals surface area contributed by atoms with E-state index >= 15 is 0 Å². The highest BCUT2D eigenvalue weighted by molar-refractivity contribution is 5.13. The van der Waals surface area contributed by atoms with Gasteiger partial charge in [-0.05, 0) is 5.56 Å². The Labute approximate surface area is 145 Å². The largest absolute Gasteiger partial charge is 0.394 e. The molecule has 7 atom stereocenters. The van der Waals surface area contributed by atoms with Crippen LogP contribution in [0.2, 0.25) is 0 Å². The van der Waals surface area contributed by atoms with Crippen LogP contribution in [0.5, 0.6) is 0 Å². The van der Waals surface area contributed by atoms with Crippen molar-refractivity contribution in [3.05, 3.63) is 35.9 Å². The molecule has 4 N–H and O–H groups in total. The lowest BCUT2D eigenvalue weighted by atomic mass is 9.99. The molecule has 2 aliphatic rings. The van der Waals surface area contributed by atoms with Gasteiger partial charge in [-0.1, -0.05) is 30.3 Å². The van der Waals surface area contributed by atoms with Gasteiger partial charge in [0.25, 0.3) is 0 Å². The van der Waals surface area contributed by atoms with Crippen LogP contribution in [0.3, 0.4) is 0 Å². The lowest BCUT2D eigenvalue weighted by Crippen LogP contribution is -2.59. The third kappa shape index (κ3) is 4.75. The SMILES string of the molecule is OC[C@H]1O[C@@H](OCC2OC2COCc2ccccc2)[C@H](O)[C@@H](O)[C@@H]1O. The standard InChI is InChI=1S/C17H24O8/c18-6-11-14(19)15(20)16(21)17(25-11)23-9-13-12(24-13)8-22-7-10-4-2-1-3-5-10/h1-5,11-21H,6-9H2/t11-,12?,13?,14-,15+,16-,17-/m1/s1. The Kier molecular flexibility index (Phi) is 6.37. The van der Waals surface area contributed by atoms with E-state index in [1.54, 1.807) is 0 Å². The van der Waals surface area contributed by atoms with Gasteiger partial charge in [0.15, 0.2) is 6.29 Å². The molecule has 1 aromatic carbocycles. The molecule has 3 rings (SSSR count). The predicted octanol–water partition coefficient (Wildman–Crippen LogP) is -1.21. The van der Waals surface area contributed by atoms with Crippen LogP contribution in [0, 0.1) is 0 Å². The molecular formula is C17H24O8. The molecule has 2 saturated heterocycles. The van der Waals surface area contributed by atoms with Gasteiger partial charge in [-0.3, -0.25) is 0 Å². The number of ether oxygens (including phenoxy) is 4. The molecule has 1 aromatic rings. The van der Waals surface area contributed by atoms with Gasteiger partial charge in [0.2, 0.25) is 0 Å². The van der Waals surface area contributed by atoms with Gasteiger partial charge in [-0.2, -0.15) is 0 Å². The maximum Gasteiger partial charge on any atom is 0.186 e. The van der Waals surface area contributed by atoms with Crippen LogP contribution in [0.4, 0.5) is 0 Å². The number of aliphatic hydroxyl groups is 4. The summed E-state index contributed by atoms with van der Waals surface area (Å²) < 4.78 is 21.7. The van der Waals surface area contributed by atoms with Crippen molar-refractivity contribution in [3.63, 3.8) is 0 Å². The van der Waals surface area contributed by atoms with E-state index in [1.807, 2.05) is 30.3 Å². The van der Waals surface area contributed by atoms with Crippen LogP contribution in [-0.4, -0.2) is 83.2 Å². The molecule has 0 saturated carbocycles. The summed E-state index contributed by atoms with van der Waals surface area (Å²) >= 11 is 0. The average Bonchev–Trinajstić information content (AvgIpc) is 3.38. The predicted molar refractivity (Wildman–Crippen MR) is 84.5 cm³/mol. The van der Waals surface area contributed by atoms with Gasteiger partial charge in [-0.25, -0.2) is 0 Å². The molecule has 2 fully saturated rings. The molecule has 8 nitrogen and oxygen atoms in total. The second-order valence-corrected chi connectivity index (χ2v) is 6.24. The highest BCUT2D eigenvalue weighted by Crippen LogP contribution is 2.26. The maximum atomic E-state index is 9.88. The molecule has 0 aliphatic carbocycles. The second kappa shape index (κ2) is 8.52. The zero-order valence-electron chi connectivity index (χ0n) is 13.7. The lowest BCUT2D eigenvalue weighted by molar-refractivity contribution is -0.301. The Morgan fingerprint density at radius 2 is 1.56 bits per heavy atom. The maximum absolute atomic E-state index is 9.88. The first-order valence-corrected chi connectivity index (χ1v) is 8.29. The third-order valence-electron chi connectivity index (χ3n) is 4.35. The van der Waals surface area contributed by atoms with Crippen LogP contribution in [-0.2, 0) is 25.6 Å². The van der Waals surface area contributed by atoms with Crippen molar-refractivity contribution in [1.29, 1.82) is 0 Å². The first kappa shape index (κ1) is 18.7. The van der Waals surface area contributed by atoms with E-state index in [0.717, 1.165) is 5.56 Å². The van der Waals surface area contributed by atoms with E-state index in [1.165, 1.54) is 0 Å². The zero-order valence-corrected chi connectivity index (χ0v) is 13.7. The Balaban J connectivity index is 1.35. The average molecular weight is 356 g/mol. The minimum absolute atomic E-state index is 0.0893. The second-order valence-electron chi connectivity index (χ2n) is 6.24. The molecule has 25 heavy (non-hydrogen) atoms. The van der Waals surface area contributed by atoms with Crippen molar-refractivity contribution in [1.82, 2.24) is 0 Å². The Bertz CT molecular complexity index is 525. The first-order valence-electron chi connectivity index (χ1n) is 8.29. The lowest BCUT2D eigenvalue weighted by Gasteiger charge is -2.39. The fourth-order valence-corrected chi connectivity index (χ4v) is 2.73. The molecule has 0 amide bonds. The van der Waals surface area contributed by atoms with Crippen LogP contribution < -0.4 is 0 Å². The number of epoxide rings is 1. The normalized spacial score (nSPS) is 37.8. The van der Waals surface area contributed by atoms with Gasteiger partial charge >= 0.3 is 0 Å². The minimum Gasteiger partial charge on any atom is -0.394 e. The molecular weight excluding hydrogens is 332 g/mol. The summed E-state index contributed by atoms with van der Waals surface area (Å²) in [5.74, 6) is 0. The van der Waals surface area contributed by atoms with E-state index in [4.69, 9.17) is 24.1 Å². The minimum atomic E-state index is -1.44. The fourth-order valence-electron chi connectivity index (χ4n) is 2.73. The Hall–Kier alpha value is -1.10. The van der Waals surface area contributed by atoms with Crippen molar-refractivity contribution in [2.24, 2.45) is 0 Å². The van der Waals surface area contributed by atoms with Crippen LogP contribution in [0.1, 0.15) is 5.56 Å². The molecule has 0 spiro atoms. The van der Waals surface area contributed by atoms with E-state index in [9.17, 15) is 15.3 Å². The molecule has 8 heteroatoms. The number of rotatable bonds is 8. The Morgan fingerprint density at radius 1 is 0.840 bits per heavy atom. The van der Waals surface area contributed by atoms with Crippen molar-refractivity contribution in [2.45, 2.75) is 49.5 Å². The van der Waals surface area contributed by atoms with Crippen molar-refractivity contribution in [2.75, 3.05) is 19.8 Å². The summed E-state index contributed by atoms with van der Waals surface area (Å²) in [5.41, 5.74) is 1.08. The number of hydrogen-bond donors (Lipinski definition) is 4. The highest BCUT2D eigenvalue weighted by Gasteiger charge is 2.46. The number of aliphatic hydroxyl groups excluding tert-OH is 4. The van der Waals surface area contributed by atoms with Gasteiger partial charge in [0, 0.05) is 0 Å². The highest BCUT2D eigenvalue weighted by atomic mass is 16.7. The third-order valence-corrected chi connectivity index (χ3v) is 4.35. The van der Waals surface area contributed by atoms with Gasteiger partial charge in [0.05, 0.1) is 26.4 Å². The molecule has 140 valence electrons. The van der Waals surface area contributed by atoms with Crippen LogP contribution in [0.25, 0.3) is 0 Å². The smallest absolute Gasteiger partial charge is 0.186 e. The quantitative estimate of drug-likeness (QED) is 0.428. The van der Waals surface area contributed by atoms with Gasteiger partial charge < -0.3 is 39.4 Å². The summed E-state index contributed by atoms with van der Waals surface area (Å²) in [6, 6.07) is 9.80. The summed E-state index contributed by atoms with van der Waals surface area (Å²) in [7, 11) is 0. The summed E-state index contributed by atoms with van der Waals surface area (Å²) in [6.45, 7) is 0.599.